The molecule has 2 aromatic heterocycles. The van der Waals surface area contributed by atoms with Gasteiger partial charge in [-0.15, -0.1) is 23.7 Å². The zero-order valence-corrected chi connectivity index (χ0v) is 14.1. The van der Waals surface area contributed by atoms with Crippen LogP contribution in [0, 0.1) is 0 Å². The van der Waals surface area contributed by atoms with Crippen LogP contribution in [0.3, 0.4) is 0 Å². The minimum Gasteiger partial charge on any atom is -0.368 e. The molecule has 2 N–H and O–H groups in total. The van der Waals surface area contributed by atoms with Crippen molar-refractivity contribution in [1.82, 2.24) is 10.3 Å². The van der Waals surface area contributed by atoms with Crippen LogP contribution < -0.4 is 15.5 Å². The predicted molar refractivity (Wildman–Crippen MR) is 93.8 cm³/mol. The van der Waals surface area contributed by atoms with Crippen LogP contribution in [0.4, 0.5) is 11.5 Å². The van der Waals surface area contributed by atoms with Crippen LogP contribution in [0.1, 0.15) is 9.67 Å². The van der Waals surface area contributed by atoms with Gasteiger partial charge in [0.25, 0.3) is 5.91 Å². The third-order valence-electron chi connectivity index (χ3n) is 3.27. The van der Waals surface area contributed by atoms with Gasteiger partial charge in [-0.05, 0) is 24.3 Å². The van der Waals surface area contributed by atoms with Crippen LogP contribution in [0.15, 0.2) is 30.5 Å². The highest BCUT2D eigenvalue weighted by molar-refractivity contribution is 7.18. The fourth-order valence-corrected chi connectivity index (χ4v) is 3.12. The summed E-state index contributed by atoms with van der Waals surface area (Å²) in [7, 11) is 0. The molecule has 0 spiro atoms. The van der Waals surface area contributed by atoms with E-state index in [0.29, 0.717) is 15.0 Å². The number of nitrogens with one attached hydrogen (secondary N) is 2. The quantitative estimate of drug-likeness (QED) is 0.885. The van der Waals surface area contributed by atoms with Crippen LogP contribution in [-0.2, 0) is 0 Å². The van der Waals surface area contributed by atoms with Crippen molar-refractivity contribution in [3.8, 4) is 0 Å². The lowest BCUT2D eigenvalue weighted by Gasteiger charge is -2.29. The highest BCUT2D eigenvalue weighted by Gasteiger charge is 2.12. The average molecular weight is 359 g/mol. The Balaban J connectivity index is 0.00000176. The van der Waals surface area contributed by atoms with Crippen LogP contribution in [-0.4, -0.2) is 37.1 Å². The third-order valence-corrected chi connectivity index (χ3v) is 4.50. The molecule has 2 aromatic rings. The minimum atomic E-state index is -0.186. The van der Waals surface area contributed by atoms with Gasteiger partial charge in [-0.25, -0.2) is 4.98 Å². The molecule has 3 heterocycles. The van der Waals surface area contributed by atoms with Crippen molar-refractivity contribution >= 4 is 52.8 Å². The van der Waals surface area contributed by atoms with E-state index >= 15 is 0 Å². The molecule has 1 aliphatic heterocycles. The van der Waals surface area contributed by atoms with Crippen molar-refractivity contribution in [2.45, 2.75) is 0 Å². The summed E-state index contributed by atoms with van der Waals surface area (Å²) in [4.78, 5) is 19.1. The van der Waals surface area contributed by atoms with Gasteiger partial charge in [0.2, 0.25) is 0 Å². The third kappa shape index (κ3) is 4.10. The normalized spacial score (nSPS) is 14.3. The molecule has 0 unspecified atom stereocenters. The first-order valence-electron chi connectivity index (χ1n) is 6.71. The zero-order valence-electron chi connectivity index (χ0n) is 11.7. The second-order valence-corrected chi connectivity index (χ2v) is 6.41. The Hall–Kier alpha value is -1.34. The first-order chi connectivity index (χ1) is 10.2. The molecule has 1 aliphatic rings. The monoisotopic (exact) mass is 358 g/mol. The van der Waals surface area contributed by atoms with Crippen LogP contribution in [0.2, 0.25) is 4.34 Å². The number of thiophene rings is 1. The van der Waals surface area contributed by atoms with E-state index in [0.717, 1.165) is 31.9 Å². The van der Waals surface area contributed by atoms with Gasteiger partial charge >= 0.3 is 0 Å². The van der Waals surface area contributed by atoms with Crippen LogP contribution in [0.25, 0.3) is 0 Å². The van der Waals surface area contributed by atoms with E-state index in [1.54, 1.807) is 18.3 Å². The van der Waals surface area contributed by atoms with Gasteiger partial charge in [-0.1, -0.05) is 11.6 Å². The molecule has 8 heteroatoms. The second-order valence-electron chi connectivity index (χ2n) is 4.70. The Morgan fingerprint density at radius 3 is 2.64 bits per heavy atom. The maximum Gasteiger partial charge on any atom is 0.266 e. The molecule has 3 rings (SSSR count). The minimum absolute atomic E-state index is 0. The maximum absolute atomic E-state index is 12.0. The van der Waals surface area contributed by atoms with Crippen molar-refractivity contribution in [3.05, 3.63) is 39.7 Å². The van der Waals surface area contributed by atoms with Crippen LogP contribution >= 0.6 is 35.3 Å². The molecular formula is C14H16Cl2N4OS. The summed E-state index contributed by atoms with van der Waals surface area (Å²) in [5.41, 5.74) is 1.08. The topological polar surface area (TPSA) is 57.3 Å². The molecule has 0 atom stereocenters. The maximum atomic E-state index is 12.0. The van der Waals surface area contributed by atoms with E-state index in [9.17, 15) is 4.79 Å². The number of nitrogens with zero attached hydrogens (tertiary/aromatic N) is 2. The lowest BCUT2D eigenvalue weighted by molar-refractivity contribution is 0.103. The Morgan fingerprint density at radius 2 is 2.05 bits per heavy atom. The lowest BCUT2D eigenvalue weighted by Crippen LogP contribution is -2.43. The van der Waals surface area contributed by atoms with Gasteiger partial charge in [0.1, 0.15) is 5.82 Å². The molecule has 0 bridgehead atoms. The van der Waals surface area contributed by atoms with E-state index in [2.05, 4.69) is 20.5 Å². The van der Waals surface area contributed by atoms with Crippen LogP contribution in [0.5, 0.6) is 0 Å². The zero-order chi connectivity index (χ0) is 14.7. The molecule has 1 saturated heterocycles. The summed E-state index contributed by atoms with van der Waals surface area (Å²) in [6.07, 6.45) is 1.79. The van der Waals surface area contributed by atoms with Crippen molar-refractivity contribution in [2.24, 2.45) is 0 Å². The van der Waals surface area contributed by atoms with Gasteiger partial charge in [0.15, 0.2) is 0 Å². The summed E-state index contributed by atoms with van der Waals surface area (Å²) in [6, 6.07) is 7.22. The SMILES string of the molecule is Cl.O=C(Nc1ccc(N2CCNCC2)cn1)c1ccc(Cl)s1. The van der Waals surface area contributed by atoms with Crippen molar-refractivity contribution in [3.63, 3.8) is 0 Å². The standard InChI is InChI=1S/C14H15ClN4OS.ClH/c15-12-3-2-11(21-12)14(20)18-13-4-1-10(9-17-13)19-7-5-16-6-8-19;/h1-4,9,16H,5-8H2,(H,17,18,20);1H. The summed E-state index contributed by atoms with van der Waals surface area (Å²) < 4.78 is 0.599. The predicted octanol–water partition coefficient (Wildman–Crippen LogP) is 2.88. The van der Waals surface area contributed by atoms with Gasteiger partial charge in [0, 0.05) is 26.2 Å². The fraction of sp³-hybridized carbons (Fsp3) is 0.286. The van der Waals surface area contributed by atoms with Gasteiger partial charge in [-0.3, -0.25) is 4.79 Å². The van der Waals surface area contributed by atoms with Crippen molar-refractivity contribution < 1.29 is 4.79 Å². The van der Waals surface area contributed by atoms with Gasteiger partial charge in [0.05, 0.1) is 21.1 Å². The first-order valence-corrected chi connectivity index (χ1v) is 7.90. The number of piperazine rings is 1. The largest absolute Gasteiger partial charge is 0.368 e. The fourth-order valence-electron chi connectivity index (χ4n) is 2.18. The number of hydrogen-bond donors (Lipinski definition) is 2. The number of pyridine rings is 1. The number of amides is 1. The number of carbonyl (C=O) groups is 1. The molecule has 0 aromatic carbocycles. The van der Waals surface area contributed by atoms with E-state index in [-0.39, 0.29) is 18.3 Å². The number of anilines is 2. The summed E-state index contributed by atoms with van der Waals surface area (Å²) >= 11 is 7.08. The molecule has 1 amide bonds. The Labute approximate surface area is 144 Å². The van der Waals surface area contributed by atoms with E-state index in [1.165, 1.54) is 11.3 Å². The van der Waals surface area contributed by atoms with Crippen molar-refractivity contribution in [1.29, 1.82) is 0 Å². The molecule has 1 fully saturated rings. The molecule has 0 saturated carbocycles. The number of halogens is 2. The number of hydrogen-bond acceptors (Lipinski definition) is 5. The highest BCUT2D eigenvalue weighted by atomic mass is 35.5. The average Bonchev–Trinajstić information content (AvgIpc) is 2.96. The highest BCUT2D eigenvalue weighted by Crippen LogP contribution is 2.22. The summed E-state index contributed by atoms with van der Waals surface area (Å²) in [5.74, 6) is 0.359. The van der Waals surface area contributed by atoms with E-state index < -0.39 is 0 Å². The number of aromatic nitrogens is 1. The molecule has 22 heavy (non-hydrogen) atoms. The Morgan fingerprint density at radius 1 is 1.27 bits per heavy atom. The molecular weight excluding hydrogens is 343 g/mol. The smallest absolute Gasteiger partial charge is 0.266 e. The Kier molecular flexibility index (Phi) is 6.02. The summed E-state index contributed by atoms with van der Waals surface area (Å²) in [6.45, 7) is 3.91. The number of carbonyl (C=O) groups excluding carboxylic acids is 1. The van der Waals surface area contributed by atoms with E-state index in [4.69, 9.17) is 11.6 Å². The molecule has 118 valence electrons. The van der Waals surface area contributed by atoms with Gasteiger partial charge < -0.3 is 15.5 Å². The first kappa shape index (κ1) is 17.0. The Bertz CT molecular complexity index is 626. The molecule has 0 radical (unpaired) electrons. The molecule has 0 aliphatic carbocycles. The molecule has 5 nitrogen and oxygen atoms in total. The van der Waals surface area contributed by atoms with Gasteiger partial charge in [-0.2, -0.15) is 0 Å². The van der Waals surface area contributed by atoms with E-state index in [1.807, 2.05) is 12.1 Å². The second kappa shape index (κ2) is 7.78. The van der Waals surface area contributed by atoms with Crippen molar-refractivity contribution in [2.75, 3.05) is 36.4 Å². The number of rotatable bonds is 3. The summed E-state index contributed by atoms with van der Waals surface area (Å²) in [5, 5.41) is 6.09. The lowest BCUT2D eigenvalue weighted by atomic mass is 10.3.